The van der Waals surface area contributed by atoms with Gasteiger partial charge < -0.3 is 10.6 Å². The summed E-state index contributed by atoms with van der Waals surface area (Å²) in [6.07, 6.45) is -0.982. The van der Waals surface area contributed by atoms with Crippen molar-refractivity contribution in [2.75, 3.05) is 32.9 Å². The molecule has 0 aliphatic heterocycles. The van der Waals surface area contributed by atoms with E-state index in [1.807, 2.05) is 7.05 Å². The first-order chi connectivity index (χ1) is 5.74. The monoisotopic (exact) mass is 195 g/mol. The molecule has 0 aromatic rings. The SMILES string of the molecule is CNC[C@@H](CS)NC[C@H](F)NC. The van der Waals surface area contributed by atoms with Gasteiger partial charge in [0.25, 0.3) is 0 Å². The average Bonchev–Trinajstić information content (AvgIpc) is 2.11. The third kappa shape index (κ3) is 5.77. The van der Waals surface area contributed by atoms with E-state index in [0.29, 0.717) is 12.3 Å². The van der Waals surface area contributed by atoms with E-state index in [0.717, 1.165) is 6.54 Å². The molecule has 0 saturated heterocycles. The highest BCUT2D eigenvalue weighted by Gasteiger charge is 2.07. The zero-order valence-electron chi connectivity index (χ0n) is 7.60. The highest BCUT2D eigenvalue weighted by molar-refractivity contribution is 7.80. The number of rotatable bonds is 7. The summed E-state index contributed by atoms with van der Waals surface area (Å²) in [6, 6.07) is 0.227. The molecule has 0 aliphatic carbocycles. The molecule has 3 nitrogen and oxygen atoms in total. The van der Waals surface area contributed by atoms with Crippen molar-refractivity contribution in [2.24, 2.45) is 0 Å². The van der Waals surface area contributed by atoms with Crippen LogP contribution in [0.15, 0.2) is 0 Å². The lowest BCUT2D eigenvalue weighted by molar-refractivity contribution is 0.271. The van der Waals surface area contributed by atoms with Gasteiger partial charge in [-0.1, -0.05) is 0 Å². The number of alkyl halides is 1. The van der Waals surface area contributed by atoms with Gasteiger partial charge in [-0.25, -0.2) is 4.39 Å². The van der Waals surface area contributed by atoms with Crippen LogP contribution in [0.3, 0.4) is 0 Å². The van der Waals surface area contributed by atoms with Crippen molar-refractivity contribution >= 4 is 12.6 Å². The van der Waals surface area contributed by atoms with E-state index in [-0.39, 0.29) is 6.04 Å². The second-order valence-electron chi connectivity index (χ2n) is 2.60. The number of thiol groups is 1. The fourth-order valence-electron chi connectivity index (χ4n) is 0.820. The summed E-state index contributed by atoms with van der Waals surface area (Å²) in [5, 5.41) is 8.56. The molecule has 0 heterocycles. The molecule has 0 aromatic heterocycles. The van der Waals surface area contributed by atoms with E-state index >= 15 is 0 Å². The maximum Gasteiger partial charge on any atom is 0.163 e. The second-order valence-corrected chi connectivity index (χ2v) is 2.97. The Labute approximate surface area is 78.9 Å². The van der Waals surface area contributed by atoms with E-state index in [1.54, 1.807) is 7.05 Å². The van der Waals surface area contributed by atoms with Crippen molar-refractivity contribution in [3.63, 3.8) is 0 Å². The third-order valence-corrected chi connectivity index (χ3v) is 2.01. The van der Waals surface area contributed by atoms with Crippen molar-refractivity contribution in [1.29, 1.82) is 0 Å². The molecule has 0 bridgehead atoms. The van der Waals surface area contributed by atoms with Crippen LogP contribution in [0.25, 0.3) is 0 Å². The molecule has 0 rings (SSSR count). The van der Waals surface area contributed by atoms with Crippen LogP contribution in [-0.2, 0) is 0 Å². The van der Waals surface area contributed by atoms with Crippen molar-refractivity contribution in [2.45, 2.75) is 12.3 Å². The smallest absolute Gasteiger partial charge is 0.163 e. The Morgan fingerprint density at radius 3 is 2.42 bits per heavy atom. The minimum Gasteiger partial charge on any atom is -0.318 e. The molecule has 0 aliphatic rings. The lowest BCUT2D eigenvalue weighted by atomic mass is 10.3. The number of likely N-dealkylation sites (N-methyl/N-ethyl adjacent to an activating group) is 2. The predicted molar refractivity (Wildman–Crippen MR) is 53.5 cm³/mol. The first kappa shape index (κ1) is 12.2. The van der Waals surface area contributed by atoms with Gasteiger partial charge in [0.1, 0.15) is 0 Å². The molecule has 0 aromatic carbocycles. The Hall–Kier alpha value is 0.160. The zero-order valence-corrected chi connectivity index (χ0v) is 8.50. The average molecular weight is 195 g/mol. The normalized spacial score (nSPS) is 16.0. The minimum atomic E-state index is -0.982. The summed E-state index contributed by atoms with van der Waals surface area (Å²) in [5.41, 5.74) is 0. The molecular formula is C7H18FN3S. The maximum atomic E-state index is 12.7. The largest absolute Gasteiger partial charge is 0.318 e. The van der Waals surface area contributed by atoms with Gasteiger partial charge in [-0.3, -0.25) is 5.32 Å². The van der Waals surface area contributed by atoms with Gasteiger partial charge in [0.15, 0.2) is 6.30 Å². The Morgan fingerprint density at radius 2 is 2.00 bits per heavy atom. The second kappa shape index (κ2) is 7.79. The van der Waals surface area contributed by atoms with Crippen LogP contribution in [0.1, 0.15) is 0 Å². The summed E-state index contributed by atoms with van der Waals surface area (Å²) < 4.78 is 12.7. The number of nitrogens with one attached hydrogen (secondary N) is 3. The zero-order chi connectivity index (χ0) is 9.40. The summed E-state index contributed by atoms with van der Waals surface area (Å²) in [4.78, 5) is 0. The van der Waals surface area contributed by atoms with Gasteiger partial charge in [0.05, 0.1) is 0 Å². The van der Waals surface area contributed by atoms with Gasteiger partial charge in [0, 0.05) is 24.9 Å². The van der Waals surface area contributed by atoms with E-state index in [9.17, 15) is 4.39 Å². The Kier molecular flexibility index (Phi) is 7.89. The molecule has 0 spiro atoms. The molecule has 0 amide bonds. The van der Waals surface area contributed by atoms with Gasteiger partial charge in [-0.15, -0.1) is 0 Å². The molecule has 0 unspecified atom stereocenters. The van der Waals surface area contributed by atoms with Crippen LogP contribution in [0.4, 0.5) is 4.39 Å². The van der Waals surface area contributed by atoms with Crippen LogP contribution in [0.5, 0.6) is 0 Å². The number of halogens is 1. The van der Waals surface area contributed by atoms with Crippen LogP contribution < -0.4 is 16.0 Å². The first-order valence-electron chi connectivity index (χ1n) is 4.04. The van der Waals surface area contributed by atoms with E-state index in [4.69, 9.17) is 0 Å². The summed E-state index contributed by atoms with van der Waals surface area (Å²) in [6.45, 7) is 1.13. The minimum absolute atomic E-state index is 0.227. The Bertz CT molecular complexity index is 105. The Morgan fingerprint density at radius 1 is 1.33 bits per heavy atom. The van der Waals surface area contributed by atoms with Crippen molar-refractivity contribution in [3.05, 3.63) is 0 Å². The standard InChI is InChI=1S/C7H18FN3S/c1-9-3-6(5-12)11-4-7(8)10-2/h6-7,9-12H,3-5H2,1-2H3/t6-,7+/m0/s1. The van der Waals surface area contributed by atoms with Gasteiger partial charge in [0.2, 0.25) is 0 Å². The molecule has 12 heavy (non-hydrogen) atoms. The number of hydrogen-bond acceptors (Lipinski definition) is 4. The summed E-state index contributed by atoms with van der Waals surface area (Å²) >= 11 is 4.14. The molecule has 0 saturated carbocycles. The molecule has 3 N–H and O–H groups in total. The molecule has 0 fully saturated rings. The fourth-order valence-corrected chi connectivity index (χ4v) is 1.08. The lowest BCUT2D eigenvalue weighted by Crippen LogP contribution is -2.44. The molecule has 74 valence electrons. The molecule has 5 heteroatoms. The third-order valence-electron chi connectivity index (χ3n) is 1.57. The van der Waals surface area contributed by atoms with Gasteiger partial charge in [-0.2, -0.15) is 12.6 Å². The molecular weight excluding hydrogens is 177 g/mol. The van der Waals surface area contributed by atoms with Gasteiger partial charge in [-0.05, 0) is 14.1 Å². The van der Waals surface area contributed by atoms with E-state index in [2.05, 4.69) is 28.6 Å². The lowest BCUT2D eigenvalue weighted by Gasteiger charge is -2.17. The van der Waals surface area contributed by atoms with E-state index < -0.39 is 6.30 Å². The quantitative estimate of drug-likeness (QED) is 0.330. The van der Waals surface area contributed by atoms with Crippen molar-refractivity contribution in [1.82, 2.24) is 16.0 Å². The fraction of sp³-hybridized carbons (Fsp3) is 1.00. The van der Waals surface area contributed by atoms with Crippen LogP contribution in [0.2, 0.25) is 0 Å². The molecule has 2 atom stereocenters. The van der Waals surface area contributed by atoms with E-state index in [1.165, 1.54) is 0 Å². The number of hydrogen-bond donors (Lipinski definition) is 4. The van der Waals surface area contributed by atoms with Crippen LogP contribution in [-0.4, -0.2) is 45.3 Å². The first-order valence-corrected chi connectivity index (χ1v) is 4.68. The topological polar surface area (TPSA) is 36.1 Å². The predicted octanol–water partition coefficient (Wildman–Crippen LogP) is -0.391. The summed E-state index contributed by atoms with van der Waals surface area (Å²) in [5.74, 6) is 0.706. The van der Waals surface area contributed by atoms with Crippen LogP contribution >= 0.6 is 12.6 Å². The highest BCUT2D eigenvalue weighted by atomic mass is 32.1. The Balaban J connectivity index is 3.43. The highest BCUT2D eigenvalue weighted by Crippen LogP contribution is 1.88. The molecule has 0 radical (unpaired) electrons. The van der Waals surface area contributed by atoms with Crippen LogP contribution in [0, 0.1) is 0 Å². The van der Waals surface area contributed by atoms with Crippen molar-refractivity contribution < 1.29 is 4.39 Å². The summed E-state index contributed by atoms with van der Waals surface area (Å²) in [7, 11) is 3.46. The maximum absolute atomic E-state index is 12.7. The van der Waals surface area contributed by atoms with Gasteiger partial charge >= 0.3 is 0 Å². The van der Waals surface area contributed by atoms with Crippen molar-refractivity contribution in [3.8, 4) is 0 Å².